The second kappa shape index (κ2) is 4.00. The first kappa shape index (κ1) is 8.91. The molecule has 0 amide bonds. The highest BCUT2D eigenvalue weighted by Gasteiger charge is 2.01. The van der Waals surface area contributed by atoms with Gasteiger partial charge in [0.1, 0.15) is 0 Å². The van der Waals surface area contributed by atoms with E-state index in [1.165, 1.54) is 6.07 Å². The molecule has 1 aromatic carbocycles. The van der Waals surface area contributed by atoms with Gasteiger partial charge in [-0.25, -0.2) is 8.78 Å². The predicted octanol–water partition coefficient (Wildman–Crippen LogP) is 2.88. The third kappa shape index (κ3) is 2.16. The predicted molar refractivity (Wildman–Crippen MR) is 43.7 cm³/mol. The first-order valence-corrected chi connectivity index (χ1v) is 3.70. The first-order chi connectivity index (χ1) is 5.74. The molecule has 0 atom stereocenters. The van der Waals surface area contributed by atoms with Crippen molar-refractivity contribution in [2.24, 2.45) is 0 Å². The van der Waals surface area contributed by atoms with Crippen LogP contribution in [0.5, 0.6) is 0 Å². The van der Waals surface area contributed by atoms with Crippen molar-refractivity contribution in [2.75, 3.05) is 0 Å². The molecule has 0 saturated heterocycles. The molecule has 2 heteroatoms. The van der Waals surface area contributed by atoms with Gasteiger partial charge in [-0.2, -0.15) is 0 Å². The van der Waals surface area contributed by atoms with Crippen molar-refractivity contribution in [1.29, 1.82) is 0 Å². The number of halogens is 2. The average Bonchev–Trinajstić information content (AvgIpc) is 2.07. The molecule has 63 valence electrons. The van der Waals surface area contributed by atoms with Crippen LogP contribution >= 0.6 is 0 Å². The number of hydrogen-bond donors (Lipinski definition) is 0. The van der Waals surface area contributed by atoms with Crippen LogP contribution in [0, 0.1) is 17.7 Å². The van der Waals surface area contributed by atoms with Gasteiger partial charge in [-0.15, -0.1) is 6.58 Å². The fraction of sp³-hybridized carbons (Fsp3) is 0.200. The second-order valence-corrected chi connectivity index (χ2v) is 2.48. The summed E-state index contributed by atoms with van der Waals surface area (Å²) in [6, 6.07) is 4.84. The number of rotatable bonds is 3. The van der Waals surface area contributed by atoms with Gasteiger partial charge in [0.25, 0.3) is 0 Å². The highest BCUT2D eigenvalue weighted by Crippen LogP contribution is 2.09. The van der Waals surface area contributed by atoms with Crippen molar-refractivity contribution in [3.05, 3.63) is 48.1 Å². The van der Waals surface area contributed by atoms with E-state index in [4.69, 9.17) is 0 Å². The number of benzene rings is 1. The van der Waals surface area contributed by atoms with Crippen molar-refractivity contribution in [3.8, 4) is 0 Å². The molecule has 1 radical (unpaired) electrons. The second-order valence-electron chi connectivity index (χ2n) is 2.48. The molecule has 0 fully saturated rings. The van der Waals surface area contributed by atoms with Crippen LogP contribution in [-0.4, -0.2) is 0 Å². The summed E-state index contributed by atoms with van der Waals surface area (Å²) in [6.07, 6.45) is 3.14. The van der Waals surface area contributed by atoms with Crippen LogP contribution in [0.15, 0.2) is 24.8 Å². The lowest BCUT2D eigenvalue weighted by atomic mass is 10.1. The Kier molecular flexibility index (Phi) is 2.97. The minimum Gasteiger partial charge on any atom is -0.204 e. The molecule has 1 rings (SSSR count). The molecule has 0 aliphatic heterocycles. The van der Waals surface area contributed by atoms with Crippen LogP contribution in [0.3, 0.4) is 0 Å². The summed E-state index contributed by atoms with van der Waals surface area (Å²) in [5.74, 6) is -1.66. The molecular weight excluding hydrogens is 158 g/mol. The van der Waals surface area contributed by atoms with Crippen molar-refractivity contribution in [1.82, 2.24) is 0 Å². The Morgan fingerprint density at radius 3 is 2.75 bits per heavy atom. The fourth-order valence-electron chi connectivity index (χ4n) is 0.890. The molecule has 0 bridgehead atoms. The lowest BCUT2D eigenvalue weighted by Gasteiger charge is -1.97. The molecular formula is C10H9F2. The van der Waals surface area contributed by atoms with E-state index >= 15 is 0 Å². The summed E-state index contributed by atoms with van der Waals surface area (Å²) in [4.78, 5) is 0. The lowest BCUT2D eigenvalue weighted by molar-refractivity contribution is 0.507. The first-order valence-electron chi connectivity index (χ1n) is 3.70. The molecule has 1 aromatic rings. The van der Waals surface area contributed by atoms with Crippen LogP contribution in [0.1, 0.15) is 12.0 Å². The van der Waals surface area contributed by atoms with E-state index < -0.39 is 11.6 Å². The number of allylic oxidation sites excluding steroid dienone is 1. The van der Waals surface area contributed by atoms with Crippen molar-refractivity contribution >= 4 is 0 Å². The van der Waals surface area contributed by atoms with Gasteiger partial charge in [-0.1, -0.05) is 6.08 Å². The van der Waals surface area contributed by atoms with Gasteiger partial charge in [-0.05, 0) is 36.6 Å². The Morgan fingerprint density at radius 2 is 2.17 bits per heavy atom. The van der Waals surface area contributed by atoms with Crippen LogP contribution in [-0.2, 0) is 6.42 Å². The topological polar surface area (TPSA) is 0 Å². The van der Waals surface area contributed by atoms with Gasteiger partial charge >= 0.3 is 0 Å². The van der Waals surface area contributed by atoms with Crippen molar-refractivity contribution < 1.29 is 8.78 Å². The highest BCUT2D eigenvalue weighted by atomic mass is 19.2. The maximum atomic E-state index is 12.6. The standard InChI is InChI=1S/C10H9F2/c1-2-3-4-8-5-6-9(11)10(12)7-8/h2,6-7H,1,3-4H2. The van der Waals surface area contributed by atoms with Gasteiger partial charge in [0.05, 0.1) is 0 Å². The quantitative estimate of drug-likeness (QED) is 0.607. The molecule has 0 N–H and O–H groups in total. The smallest absolute Gasteiger partial charge is 0.159 e. The largest absolute Gasteiger partial charge is 0.204 e. The molecule has 0 aliphatic carbocycles. The average molecular weight is 167 g/mol. The molecule has 0 unspecified atom stereocenters. The zero-order valence-electron chi connectivity index (χ0n) is 6.61. The molecule has 0 nitrogen and oxygen atoms in total. The maximum absolute atomic E-state index is 12.6. The monoisotopic (exact) mass is 167 g/mol. The Labute approximate surface area is 70.5 Å². The summed E-state index contributed by atoms with van der Waals surface area (Å²) >= 11 is 0. The summed E-state index contributed by atoms with van der Waals surface area (Å²) in [5, 5.41) is 0. The van der Waals surface area contributed by atoms with Crippen LogP contribution in [0.4, 0.5) is 8.78 Å². The van der Waals surface area contributed by atoms with Crippen molar-refractivity contribution in [3.63, 3.8) is 0 Å². The van der Waals surface area contributed by atoms with Crippen molar-refractivity contribution in [2.45, 2.75) is 12.8 Å². The van der Waals surface area contributed by atoms with Gasteiger partial charge in [0.2, 0.25) is 0 Å². The zero-order chi connectivity index (χ0) is 8.97. The third-order valence-corrected chi connectivity index (χ3v) is 1.53. The van der Waals surface area contributed by atoms with E-state index in [0.717, 1.165) is 12.5 Å². The van der Waals surface area contributed by atoms with E-state index in [1.807, 2.05) is 0 Å². The van der Waals surface area contributed by atoms with Gasteiger partial charge in [0.15, 0.2) is 11.6 Å². The fourth-order valence-corrected chi connectivity index (χ4v) is 0.890. The van der Waals surface area contributed by atoms with Crippen LogP contribution in [0.2, 0.25) is 0 Å². The van der Waals surface area contributed by atoms with Crippen LogP contribution < -0.4 is 0 Å². The third-order valence-electron chi connectivity index (χ3n) is 1.53. The van der Waals surface area contributed by atoms with E-state index in [1.54, 1.807) is 6.08 Å². The van der Waals surface area contributed by atoms with E-state index in [0.29, 0.717) is 12.0 Å². The summed E-state index contributed by atoms with van der Waals surface area (Å²) in [7, 11) is 0. The number of aryl methyl sites for hydroxylation is 1. The Hall–Kier alpha value is -1.18. The Morgan fingerprint density at radius 1 is 1.42 bits per heavy atom. The normalized spacial score (nSPS) is 9.83. The summed E-state index contributed by atoms with van der Waals surface area (Å²) in [6.45, 7) is 3.53. The molecule has 0 saturated carbocycles. The molecule has 0 aliphatic rings. The molecule has 0 heterocycles. The molecule has 12 heavy (non-hydrogen) atoms. The van der Waals surface area contributed by atoms with E-state index in [9.17, 15) is 8.78 Å². The summed E-state index contributed by atoms with van der Waals surface area (Å²) in [5.41, 5.74) is 0.675. The van der Waals surface area contributed by atoms with E-state index in [2.05, 4.69) is 12.6 Å². The van der Waals surface area contributed by atoms with Gasteiger partial charge in [-0.3, -0.25) is 0 Å². The molecule has 0 aromatic heterocycles. The Bertz CT molecular complexity index is 279. The summed E-state index contributed by atoms with van der Waals surface area (Å²) < 4.78 is 25.0. The Balaban J connectivity index is 2.75. The zero-order valence-corrected chi connectivity index (χ0v) is 6.61. The highest BCUT2D eigenvalue weighted by molar-refractivity contribution is 5.16. The van der Waals surface area contributed by atoms with Gasteiger partial charge in [0, 0.05) is 0 Å². The minimum atomic E-state index is -0.850. The minimum absolute atomic E-state index is 0.653. The van der Waals surface area contributed by atoms with E-state index in [-0.39, 0.29) is 0 Å². The lowest BCUT2D eigenvalue weighted by Crippen LogP contribution is -1.89. The van der Waals surface area contributed by atoms with Crippen LogP contribution in [0.25, 0.3) is 0 Å². The number of hydrogen-bond acceptors (Lipinski definition) is 0. The SMILES string of the molecule is C=CCCc1[c]cc(F)c(F)c1. The molecule has 0 spiro atoms. The maximum Gasteiger partial charge on any atom is 0.159 e. The van der Waals surface area contributed by atoms with Gasteiger partial charge < -0.3 is 0 Å².